The van der Waals surface area contributed by atoms with Crippen LogP contribution in [0, 0.1) is 17.3 Å². The van der Waals surface area contributed by atoms with Crippen LogP contribution in [0.1, 0.15) is 44.0 Å². The number of carbonyl (C=O) groups is 1. The van der Waals surface area contributed by atoms with E-state index in [9.17, 15) is 9.90 Å². The summed E-state index contributed by atoms with van der Waals surface area (Å²) in [6.07, 6.45) is 1.80. The number of hydrogen-bond acceptors (Lipinski definition) is 2. The molecule has 1 aromatic carbocycles. The Balaban J connectivity index is 1.97. The monoisotopic (exact) mass is 287 g/mol. The molecule has 4 atom stereocenters. The molecule has 3 nitrogen and oxygen atoms in total. The van der Waals surface area contributed by atoms with Crippen LogP contribution in [-0.4, -0.2) is 34.6 Å². The molecule has 2 saturated carbocycles. The molecule has 0 spiro atoms. The molecule has 1 N–H and O–H groups in total. The molecule has 3 rings (SSSR count). The zero-order valence-electron chi connectivity index (χ0n) is 13.3. The summed E-state index contributed by atoms with van der Waals surface area (Å²) in [7, 11) is 1.89. The predicted octanol–water partition coefficient (Wildman–Crippen LogP) is 2.94. The average Bonchev–Trinajstić information content (AvgIpc) is 2.92. The second-order valence-corrected chi connectivity index (χ2v) is 7.38. The lowest BCUT2D eigenvalue weighted by molar-refractivity contribution is -0.0198. The van der Waals surface area contributed by atoms with Gasteiger partial charge in [0.2, 0.25) is 0 Å². The SMILES string of the molecule is CN(C(=O)c1ccccc1)[C@]1(C)C2CCC(C2O)C1(C)C. The maximum Gasteiger partial charge on any atom is 0.254 e. The lowest BCUT2D eigenvalue weighted by Gasteiger charge is -2.52. The van der Waals surface area contributed by atoms with Gasteiger partial charge >= 0.3 is 0 Å². The first-order valence-corrected chi connectivity index (χ1v) is 7.83. The van der Waals surface area contributed by atoms with Gasteiger partial charge in [-0.05, 0) is 43.2 Å². The van der Waals surface area contributed by atoms with Crippen LogP contribution in [-0.2, 0) is 0 Å². The summed E-state index contributed by atoms with van der Waals surface area (Å²) in [5.41, 5.74) is 0.339. The summed E-state index contributed by atoms with van der Waals surface area (Å²) in [6, 6.07) is 9.43. The molecule has 0 saturated heterocycles. The lowest BCUT2D eigenvalue weighted by Crippen LogP contribution is -2.59. The molecule has 0 heterocycles. The van der Waals surface area contributed by atoms with Gasteiger partial charge in [0.05, 0.1) is 11.6 Å². The van der Waals surface area contributed by atoms with Crippen LogP contribution < -0.4 is 0 Å². The molecule has 2 bridgehead atoms. The van der Waals surface area contributed by atoms with Gasteiger partial charge in [0.1, 0.15) is 0 Å². The van der Waals surface area contributed by atoms with Crippen LogP contribution in [0.4, 0.5) is 0 Å². The summed E-state index contributed by atoms with van der Waals surface area (Å²) in [5.74, 6) is 0.514. The van der Waals surface area contributed by atoms with Gasteiger partial charge in [0.25, 0.3) is 5.91 Å². The van der Waals surface area contributed by atoms with E-state index in [1.807, 2.05) is 42.3 Å². The van der Waals surface area contributed by atoms with Crippen LogP contribution >= 0.6 is 0 Å². The van der Waals surface area contributed by atoms with Crippen molar-refractivity contribution in [1.82, 2.24) is 4.90 Å². The third-order valence-corrected chi connectivity index (χ3v) is 6.59. The Labute approximate surface area is 127 Å². The van der Waals surface area contributed by atoms with Gasteiger partial charge in [-0.3, -0.25) is 4.79 Å². The maximum absolute atomic E-state index is 12.9. The Morgan fingerprint density at radius 2 is 1.71 bits per heavy atom. The van der Waals surface area contributed by atoms with Gasteiger partial charge < -0.3 is 10.0 Å². The van der Waals surface area contributed by atoms with Gasteiger partial charge in [0, 0.05) is 18.5 Å². The molecule has 2 aliphatic carbocycles. The molecule has 0 radical (unpaired) electrons. The van der Waals surface area contributed by atoms with E-state index in [1.165, 1.54) is 0 Å². The Morgan fingerprint density at radius 3 is 2.24 bits per heavy atom. The van der Waals surface area contributed by atoms with Crippen LogP contribution in [0.15, 0.2) is 30.3 Å². The van der Waals surface area contributed by atoms with Crippen molar-refractivity contribution in [1.29, 1.82) is 0 Å². The quantitative estimate of drug-likeness (QED) is 0.908. The molecular formula is C18H25NO2. The molecule has 21 heavy (non-hydrogen) atoms. The number of fused-ring (bicyclic) bond motifs is 2. The Hall–Kier alpha value is -1.35. The van der Waals surface area contributed by atoms with Crippen LogP contribution in [0.3, 0.4) is 0 Å². The molecule has 0 aromatic heterocycles. The third-order valence-electron chi connectivity index (χ3n) is 6.59. The second-order valence-electron chi connectivity index (χ2n) is 7.38. The van der Waals surface area contributed by atoms with Crippen molar-refractivity contribution >= 4 is 5.91 Å². The Bertz CT molecular complexity index is 554. The molecule has 3 heteroatoms. The van der Waals surface area contributed by atoms with E-state index < -0.39 is 0 Å². The first-order valence-electron chi connectivity index (χ1n) is 7.83. The summed E-state index contributed by atoms with van der Waals surface area (Å²) in [4.78, 5) is 14.7. The first-order chi connectivity index (χ1) is 9.81. The predicted molar refractivity (Wildman–Crippen MR) is 82.9 cm³/mol. The molecule has 2 fully saturated rings. The molecule has 1 aromatic rings. The molecule has 0 aliphatic heterocycles. The Morgan fingerprint density at radius 1 is 1.14 bits per heavy atom. The van der Waals surface area contributed by atoms with Crippen LogP contribution in [0.5, 0.6) is 0 Å². The van der Waals surface area contributed by atoms with Crippen molar-refractivity contribution in [2.45, 2.75) is 45.3 Å². The zero-order valence-corrected chi connectivity index (χ0v) is 13.3. The van der Waals surface area contributed by atoms with Gasteiger partial charge in [-0.2, -0.15) is 0 Å². The average molecular weight is 287 g/mol. The minimum atomic E-state index is -0.303. The standard InChI is InChI=1S/C18H25NO2/c1-17(2)13-10-11-14(15(13)20)18(17,3)19(4)16(21)12-8-6-5-7-9-12/h5-9,13-15,20H,10-11H2,1-4H3/t13?,14?,15?,18-/m1/s1. The van der Waals surface area contributed by atoms with Crippen molar-refractivity contribution in [3.8, 4) is 0 Å². The summed E-state index contributed by atoms with van der Waals surface area (Å²) in [5, 5.41) is 10.6. The van der Waals surface area contributed by atoms with Gasteiger partial charge in [0.15, 0.2) is 0 Å². The zero-order chi connectivity index (χ0) is 15.4. The second kappa shape index (κ2) is 4.57. The van der Waals surface area contributed by atoms with Crippen molar-refractivity contribution in [2.75, 3.05) is 7.05 Å². The fourth-order valence-electron chi connectivity index (χ4n) is 4.90. The molecule has 3 unspecified atom stereocenters. The van der Waals surface area contributed by atoms with Crippen molar-refractivity contribution in [2.24, 2.45) is 17.3 Å². The minimum absolute atomic E-state index is 0.0472. The highest BCUT2D eigenvalue weighted by molar-refractivity contribution is 5.94. The number of amides is 1. The first kappa shape index (κ1) is 14.6. The van der Waals surface area contributed by atoms with E-state index in [2.05, 4.69) is 20.8 Å². The molecular weight excluding hydrogens is 262 g/mol. The number of aliphatic hydroxyl groups excluding tert-OH is 1. The minimum Gasteiger partial charge on any atom is -0.392 e. The van der Waals surface area contributed by atoms with E-state index in [-0.39, 0.29) is 28.9 Å². The number of aliphatic hydroxyl groups is 1. The highest BCUT2D eigenvalue weighted by atomic mass is 16.3. The number of rotatable bonds is 2. The largest absolute Gasteiger partial charge is 0.392 e. The number of carbonyl (C=O) groups excluding carboxylic acids is 1. The van der Waals surface area contributed by atoms with E-state index in [0.29, 0.717) is 11.5 Å². The summed E-state index contributed by atoms with van der Waals surface area (Å²) < 4.78 is 0. The fraction of sp³-hybridized carbons (Fsp3) is 0.611. The normalized spacial score (nSPS) is 36.7. The van der Waals surface area contributed by atoms with Crippen LogP contribution in [0.25, 0.3) is 0 Å². The number of nitrogens with zero attached hydrogens (tertiary/aromatic N) is 1. The van der Waals surface area contributed by atoms with Crippen molar-refractivity contribution in [3.05, 3.63) is 35.9 Å². The fourth-order valence-corrected chi connectivity index (χ4v) is 4.90. The van der Waals surface area contributed by atoms with Gasteiger partial charge in [-0.15, -0.1) is 0 Å². The topological polar surface area (TPSA) is 40.5 Å². The highest BCUT2D eigenvalue weighted by Crippen LogP contribution is 2.63. The highest BCUT2D eigenvalue weighted by Gasteiger charge is 2.67. The smallest absolute Gasteiger partial charge is 0.254 e. The van der Waals surface area contributed by atoms with E-state index in [4.69, 9.17) is 0 Å². The summed E-state index contributed by atoms with van der Waals surface area (Å²) >= 11 is 0. The number of hydrogen-bond donors (Lipinski definition) is 1. The van der Waals surface area contributed by atoms with Crippen molar-refractivity contribution in [3.63, 3.8) is 0 Å². The Kier molecular flexibility index (Phi) is 3.17. The maximum atomic E-state index is 12.9. The molecule has 1 amide bonds. The third kappa shape index (κ3) is 1.73. The summed E-state index contributed by atoms with van der Waals surface area (Å²) in [6.45, 7) is 6.56. The van der Waals surface area contributed by atoms with Gasteiger partial charge in [-0.25, -0.2) is 0 Å². The molecule has 2 aliphatic rings. The van der Waals surface area contributed by atoms with Gasteiger partial charge in [-0.1, -0.05) is 32.0 Å². The van der Waals surface area contributed by atoms with E-state index >= 15 is 0 Å². The van der Waals surface area contributed by atoms with Crippen LogP contribution in [0.2, 0.25) is 0 Å². The van der Waals surface area contributed by atoms with E-state index in [1.54, 1.807) is 0 Å². The number of benzene rings is 1. The molecule has 114 valence electrons. The van der Waals surface area contributed by atoms with E-state index in [0.717, 1.165) is 12.8 Å². The lowest BCUT2D eigenvalue weighted by atomic mass is 9.63. The van der Waals surface area contributed by atoms with Crippen molar-refractivity contribution < 1.29 is 9.90 Å².